The van der Waals surface area contributed by atoms with Gasteiger partial charge in [0, 0.05) is 87.8 Å². The SMILES string of the molecule is CC1(C)c2ccccc2-c2ccc(-c3nc(-c4ccccc4)nc(-c4ccc5oc6ccccc6c5c4)n3)cc21.c1ccc(-c2nc(-c3ccc4c(c3)C(c3ccccc3)(c3ccccc3)c3ccccc3-4)nc(-c3ccc4oc5ccccc5c4c3)n2)cc1.c1ccc(-c2nc(-c3ccc4c(c3)oc3ccccc34)nc(-c3cccc4c3-c3ccccc3C43c4ccccc4-c4ccccc43)n2)cc1. The van der Waals surface area contributed by atoms with Crippen LogP contribution in [0.15, 0.2) is 468 Å². The number of furan rings is 3. The van der Waals surface area contributed by atoms with Crippen LogP contribution in [0.2, 0.25) is 0 Å². The Balaban J connectivity index is 0.000000106. The Morgan fingerprint density at radius 3 is 0.893 bits per heavy atom. The number of rotatable bonds is 11. The van der Waals surface area contributed by atoms with Gasteiger partial charge in [-0.1, -0.05) is 390 Å². The summed E-state index contributed by atoms with van der Waals surface area (Å²) in [4.78, 5) is 45.9. The third-order valence-corrected chi connectivity index (χ3v) is 28.7. The molecule has 6 aromatic heterocycles. The average Bonchev–Trinajstić information content (AvgIpc) is 1.50. The molecule has 0 saturated heterocycles. The van der Waals surface area contributed by atoms with E-state index >= 15 is 0 Å². The van der Waals surface area contributed by atoms with Gasteiger partial charge in [-0.05, 0) is 179 Å². The van der Waals surface area contributed by atoms with E-state index in [2.05, 4.69) is 311 Å². The van der Waals surface area contributed by atoms with Crippen LogP contribution >= 0.6 is 0 Å². The molecule has 0 aliphatic heterocycles. The molecule has 0 N–H and O–H groups in total. The summed E-state index contributed by atoms with van der Waals surface area (Å²) in [5, 5.41) is 6.40. The molecule has 25 aromatic rings. The normalized spacial score (nSPS) is 13.2. The lowest BCUT2D eigenvalue weighted by molar-refractivity contribution is 0.660. The summed E-state index contributed by atoms with van der Waals surface area (Å²) in [6.07, 6.45) is 0. The minimum Gasteiger partial charge on any atom is -0.456 e. The highest BCUT2D eigenvalue weighted by molar-refractivity contribution is 6.09. The maximum atomic E-state index is 6.28. The molecule has 4 aliphatic carbocycles. The van der Waals surface area contributed by atoms with E-state index in [0.29, 0.717) is 52.4 Å². The van der Waals surface area contributed by atoms with E-state index < -0.39 is 10.8 Å². The first kappa shape index (κ1) is 81.2. The predicted octanol–water partition coefficient (Wildman–Crippen LogP) is 31.3. The Morgan fingerprint density at radius 2 is 0.436 bits per heavy atom. The number of fused-ring (bicyclic) bond motifs is 25. The molecule has 0 amide bonds. The smallest absolute Gasteiger partial charge is 0.164 e. The summed E-state index contributed by atoms with van der Waals surface area (Å²) in [7, 11) is 0. The van der Waals surface area contributed by atoms with Crippen LogP contribution in [-0.2, 0) is 16.2 Å². The minimum absolute atomic E-state index is 0.104. The molecule has 12 nitrogen and oxygen atoms in total. The van der Waals surface area contributed by atoms with Gasteiger partial charge >= 0.3 is 0 Å². The predicted molar refractivity (Wildman–Crippen MR) is 561 cm³/mol. The molecule has 0 saturated carbocycles. The first-order valence-corrected chi connectivity index (χ1v) is 47.4. The van der Waals surface area contributed by atoms with Gasteiger partial charge in [0.1, 0.15) is 33.5 Å². The fourth-order valence-corrected chi connectivity index (χ4v) is 22.4. The van der Waals surface area contributed by atoms with Crippen LogP contribution in [0.5, 0.6) is 0 Å². The van der Waals surface area contributed by atoms with Crippen molar-refractivity contribution in [3.8, 4) is 147 Å². The van der Waals surface area contributed by atoms with Gasteiger partial charge in [-0.15, -0.1) is 0 Å². The van der Waals surface area contributed by atoms with Gasteiger partial charge in [0.05, 0.1) is 10.8 Å². The van der Waals surface area contributed by atoms with E-state index in [1.165, 1.54) is 100 Å². The Kier molecular flexibility index (Phi) is 18.8. The molecule has 29 rings (SSSR count). The Bertz CT molecular complexity index is 9230. The summed E-state index contributed by atoms with van der Waals surface area (Å²) < 4.78 is 18.5. The zero-order valence-corrected chi connectivity index (χ0v) is 76.1. The largest absolute Gasteiger partial charge is 0.456 e. The second kappa shape index (κ2) is 32.4. The third-order valence-electron chi connectivity index (χ3n) is 28.7. The van der Waals surface area contributed by atoms with Crippen molar-refractivity contribution < 1.29 is 13.3 Å². The van der Waals surface area contributed by atoms with E-state index in [4.69, 9.17) is 58.1 Å². The first-order chi connectivity index (χ1) is 69.1. The van der Waals surface area contributed by atoms with Crippen molar-refractivity contribution in [1.82, 2.24) is 44.9 Å². The second-order valence-corrected chi connectivity index (χ2v) is 36.8. The van der Waals surface area contributed by atoms with Gasteiger partial charge < -0.3 is 13.3 Å². The monoisotopic (exact) mass is 1790 g/mol. The van der Waals surface area contributed by atoms with Crippen LogP contribution < -0.4 is 0 Å². The number of para-hydroxylation sites is 3. The molecule has 656 valence electrons. The summed E-state index contributed by atoms with van der Waals surface area (Å²) in [5.74, 6) is 5.69. The maximum absolute atomic E-state index is 6.28. The molecule has 0 fully saturated rings. The van der Waals surface area contributed by atoms with Crippen LogP contribution in [0.1, 0.15) is 69.5 Å². The van der Waals surface area contributed by atoms with E-state index in [-0.39, 0.29) is 5.41 Å². The van der Waals surface area contributed by atoms with Crippen molar-refractivity contribution in [2.45, 2.75) is 30.1 Å². The molecular weight excluding hydrogens is 1710 g/mol. The molecule has 12 heteroatoms. The van der Waals surface area contributed by atoms with Gasteiger partial charge in [-0.25, -0.2) is 44.9 Å². The zero-order chi connectivity index (χ0) is 92.7. The van der Waals surface area contributed by atoms with Crippen molar-refractivity contribution in [2.24, 2.45) is 0 Å². The molecule has 0 atom stereocenters. The Morgan fingerprint density at radius 1 is 0.157 bits per heavy atom. The van der Waals surface area contributed by atoms with E-state index in [1.54, 1.807) is 0 Å². The van der Waals surface area contributed by atoms with Crippen LogP contribution in [0.25, 0.3) is 213 Å². The average molecular weight is 1790 g/mol. The summed E-state index contributed by atoms with van der Waals surface area (Å²) in [6, 6.07) is 159. The Labute approximate surface area is 806 Å². The van der Waals surface area contributed by atoms with Crippen LogP contribution in [-0.4, -0.2) is 44.9 Å². The highest BCUT2D eigenvalue weighted by atomic mass is 16.3. The molecule has 0 radical (unpaired) electrons. The number of benzene rings is 19. The molecule has 19 aromatic carbocycles. The summed E-state index contributed by atoms with van der Waals surface area (Å²) in [5.41, 5.74) is 35.1. The highest BCUT2D eigenvalue weighted by Gasteiger charge is 2.53. The lowest BCUT2D eigenvalue weighted by Gasteiger charge is -2.34. The fraction of sp³-hybridized carbons (Fsp3) is 0.0391. The van der Waals surface area contributed by atoms with Gasteiger partial charge in [0.25, 0.3) is 0 Å². The van der Waals surface area contributed by atoms with E-state index in [0.717, 1.165) is 116 Å². The van der Waals surface area contributed by atoms with Gasteiger partial charge in [-0.2, -0.15) is 0 Å². The third kappa shape index (κ3) is 12.9. The fourth-order valence-electron chi connectivity index (χ4n) is 22.4. The van der Waals surface area contributed by atoms with Crippen molar-refractivity contribution in [2.75, 3.05) is 0 Å². The van der Waals surface area contributed by atoms with E-state index in [1.807, 2.05) is 158 Å². The van der Waals surface area contributed by atoms with Crippen LogP contribution in [0, 0.1) is 0 Å². The number of hydrogen-bond acceptors (Lipinski definition) is 12. The van der Waals surface area contributed by atoms with Crippen LogP contribution in [0.3, 0.4) is 0 Å². The zero-order valence-electron chi connectivity index (χ0n) is 76.1. The van der Waals surface area contributed by atoms with Crippen molar-refractivity contribution >= 4 is 65.8 Å². The first-order valence-electron chi connectivity index (χ1n) is 47.4. The van der Waals surface area contributed by atoms with Crippen LogP contribution in [0.4, 0.5) is 0 Å². The summed E-state index contributed by atoms with van der Waals surface area (Å²) >= 11 is 0. The molecule has 0 unspecified atom stereocenters. The Hall–Kier alpha value is -18.4. The van der Waals surface area contributed by atoms with Gasteiger partial charge in [-0.3, -0.25) is 0 Å². The van der Waals surface area contributed by atoms with E-state index in [9.17, 15) is 0 Å². The summed E-state index contributed by atoms with van der Waals surface area (Å²) in [6.45, 7) is 4.58. The molecule has 6 heterocycles. The lowest BCUT2D eigenvalue weighted by Crippen LogP contribution is -2.28. The van der Waals surface area contributed by atoms with Crippen molar-refractivity contribution in [3.05, 3.63) is 511 Å². The molecule has 0 bridgehead atoms. The molecular formula is C128H81N9O3. The quantitative estimate of drug-likeness (QED) is 0.121. The highest BCUT2D eigenvalue weighted by Crippen LogP contribution is 2.65. The molecule has 4 aliphatic rings. The van der Waals surface area contributed by atoms with Crippen molar-refractivity contribution in [1.29, 1.82) is 0 Å². The topological polar surface area (TPSA) is 155 Å². The standard InChI is InChI=1S/C46H27N3O.C46H29N3O.C36H25N3O/c1-2-13-28(14-3-1)43-47-44(29-25-26-33-32-17-7-11-24-40(32)50-41(33)27-29)49-45(48-43)35-19-12-23-39-42(35)34-18-6-10-22-38(34)46(39)36-20-8-4-15-30(36)31-16-5-9-21-37(31)46;1-4-14-30(15-5-1)43-47-44(31-25-27-42-38(28-31)37-21-11-13-23-41(37)50-42)49-45(48-43)32-24-26-36-35-20-10-12-22-39(35)46(40(36)29-32,33-16-6-2-7-17-33)34-18-8-3-9-19-34;1-36(2)29-14-8-6-12-25(29)26-18-16-24(21-30(26)36)35-38-33(22-10-4-3-5-11-22)37-34(39-35)23-17-19-32-28(20-23)27-13-7-9-15-31(27)40-32/h1-27H;1-29H;3-21H,1-2H3. The molecule has 140 heavy (non-hydrogen) atoms. The number of hydrogen-bond donors (Lipinski definition) is 0. The maximum Gasteiger partial charge on any atom is 0.164 e. The minimum atomic E-state index is -0.518. The second-order valence-electron chi connectivity index (χ2n) is 36.8. The van der Waals surface area contributed by atoms with Crippen molar-refractivity contribution in [3.63, 3.8) is 0 Å². The lowest BCUT2D eigenvalue weighted by atomic mass is 9.67. The number of nitrogens with zero attached hydrogens (tertiary/aromatic N) is 9. The number of aromatic nitrogens is 9. The van der Waals surface area contributed by atoms with Gasteiger partial charge in [0.2, 0.25) is 0 Å². The molecule has 1 spiro atoms. The van der Waals surface area contributed by atoms with Gasteiger partial charge in [0.15, 0.2) is 52.4 Å².